The van der Waals surface area contributed by atoms with Crippen LogP contribution in [0, 0.1) is 0 Å². The summed E-state index contributed by atoms with van der Waals surface area (Å²) in [5.41, 5.74) is 2.15. The van der Waals surface area contributed by atoms with E-state index in [1.807, 2.05) is 13.1 Å². The van der Waals surface area contributed by atoms with E-state index in [-0.39, 0.29) is 18.4 Å². The molecule has 0 bridgehead atoms. The van der Waals surface area contributed by atoms with Crippen LogP contribution in [0.1, 0.15) is 26.4 Å². The summed E-state index contributed by atoms with van der Waals surface area (Å²) < 4.78 is 7.58. The Kier molecular flexibility index (Phi) is 3.57. The summed E-state index contributed by atoms with van der Waals surface area (Å²) in [7, 11) is 1.83. The fraction of sp³-hybridized carbons (Fsp3) is 0.105. The molecule has 1 aliphatic heterocycles. The summed E-state index contributed by atoms with van der Waals surface area (Å²) >= 11 is 0. The second-order valence-electron chi connectivity index (χ2n) is 5.69. The first kappa shape index (κ1) is 15.1. The number of anilines is 1. The molecule has 25 heavy (non-hydrogen) atoms. The van der Waals surface area contributed by atoms with Gasteiger partial charge in [0.1, 0.15) is 12.4 Å². The molecule has 0 radical (unpaired) electrons. The molecule has 6 heteroatoms. The van der Waals surface area contributed by atoms with Crippen molar-refractivity contribution in [2.75, 3.05) is 4.90 Å². The van der Waals surface area contributed by atoms with Crippen molar-refractivity contribution in [3.8, 4) is 5.75 Å². The molecule has 0 N–H and O–H groups in total. The molecule has 0 saturated heterocycles. The topological polar surface area (TPSA) is 64.4 Å². The van der Waals surface area contributed by atoms with E-state index >= 15 is 0 Å². The first-order chi connectivity index (χ1) is 12.2. The second kappa shape index (κ2) is 5.90. The molecular weight excluding hydrogens is 318 g/mol. The highest BCUT2D eigenvalue weighted by Crippen LogP contribution is 2.35. The molecule has 1 aromatic heterocycles. The van der Waals surface area contributed by atoms with Gasteiger partial charge in [-0.25, -0.2) is 4.90 Å². The van der Waals surface area contributed by atoms with E-state index in [1.165, 1.54) is 4.90 Å². The first-order valence-corrected chi connectivity index (χ1v) is 7.83. The van der Waals surface area contributed by atoms with Crippen LogP contribution in [-0.4, -0.2) is 21.6 Å². The van der Waals surface area contributed by atoms with E-state index < -0.39 is 0 Å². The first-order valence-electron chi connectivity index (χ1n) is 7.83. The third kappa shape index (κ3) is 2.48. The average molecular weight is 333 g/mol. The lowest BCUT2D eigenvalue weighted by atomic mass is 10.1. The number of benzene rings is 2. The maximum Gasteiger partial charge on any atom is 0.266 e. The van der Waals surface area contributed by atoms with Gasteiger partial charge in [0, 0.05) is 13.2 Å². The lowest BCUT2D eigenvalue weighted by Crippen LogP contribution is -2.29. The monoisotopic (exact) mass is 333 g/mol. The third-order valence-corrected chi connectivity index (χ3v) is 4.20. The van der Waals surface area contributed by atoms with Crippen LogP contribution in [0.25, 0.3) is 0 Å². The van der Waals surface area contributed by atoms with Crippen molar-refractivity contribution >= 4 is 17.5 Å². The Bertz CT molecular complexity index is 942. The molecule has 0 spiro atoms. The minimum absolute atomic E-state index is 0.288. The maximum absolute atomic E-state index is 12.7. The van der Waals surface area contributed by atoms with Gasteiger partial charge in [0.05, 0.1) is 22.5 Å². The third-order valence-electron chi connectivity index (χ3n) is 4.20. The number of imide groups is 1. The average Bonchev–Trinajstić information content (AvgIpc) is 3.15. The van der Waals surface area contributed by atoms with E-state index in [9.17, 15) is 9.59 Å². The summed E-state index contributed by atoms with van der Waals surface area (Å²) in [6, 6.07) is 15.7. The number of carbonyl (C=O) groups excluding carboxylic acids is 2. The summed E-state index contributed by atoms with van der Waals surface area (Å²) in [4.78, 5) is 26.5. The highest BCUT2D eigenvalue weighted by Gasteiger charge is 2.37. The predicted octanol–water partition coefficient (Wildman–Crippen LogP) is 2.80. The van der Waals surface area contributed by atoms with Crippen LogP contribution in [0.2, 0.25) is 0 Å². The van der Waals surface area contributed by atoms with Crippen LogP contribution < -0.4 is 9.64 Å². The van der Waals surface area contributed by atoms with Crippen molar-refractivity contribution in [3.05, 3.63) is 77.6 Å². The molecule has 0 fully saturated rings. The van der Waals surface area contributed by atoms with Crippen LogP contribution >= 0.6 is 0 Å². The van der Waals surface area contributed by atoms with Gasteiger partial charge in [-0.1, -0.05) is 24.3 Å². The van der Waals surface area contributed by atoms with E-state index in [4.69, 9.17) is 4.74 Å². The van der Waals surface area contributed by atoms with Gasteiger partial charge in [-0.2, -0.15) is 5.10 Å². The summed E-state index contributed by atoms with van der Waals surface area (Å²) in [6.45, 7) is 0.288. The molecule has 124 valence electrons. The second-order valence-corrected chi connectivity index (χ2v) is 5.69. The molecule has 0 atom stereocenters. The lowest BCUT2D eigenvalue weighted by molar-refractivity contribution is 0.0924. The summed E-state index contributed by atoms with van der Waals surface area (Å²) in [5, 5.41) is 4.10. The number of amides is 2. The Labute approximate surface area is 144 Å². The molecule has 4 rings (SSSR count). The molecular formula is C19H15N3O3. The van der Waals surface area contributed by atoms with Crippen LogP contribution in [0.15, 0.2) is 60.8 Å². The van der Waals surface area contributed by atoms with Crippen LogP contribution in [0.4, 0.5) is 5.69 Å². The molecule has 2 amide bonds. The highest BCUT2D eigenvalue weighted by atomic mass is 16.5. The van der Waals surface area contributed by atoms with Crippen molar-refractivity contribution in [2.45, 2.75) is 6.61 Å². The lowest BCUT2D eigenvalue weighted by Gasteiger charge is -2.18. The number of fused-ring (bicyclic) bond motifs is 1. The van der Waals surface area contributed by atoms with E-state index in [0.29, 0.717) is 22.6 Å². The van der Waals surface area contributed by atoms with Gasteiger partial charge >= 0.3 is 0 Å². The van der Waals surface area contributed by atoms with Crippen LogP contribution in [-0.2, 0) is 13.7 Å². The van der Waals surface area contributed by atoms with Crippen molar-refractivity contribution < 1.29 is 14.3 Å². The number of nitrogens with zero attached hydrogens (tertiary/aromatic N) is 3. The number of para-hydroxylation sites is 2. The Morgan fingerprint density at radius 1 is 0.920 bits per heavy atom. The minimum Gasteiger partial charge on any atom is -0.485 e. The number of hydrogen-bond donors (Lipinski definition) is 0. The van der Waals surface area contributed by atoms with Crippen LogP contribution in [0.5, 0.6) is 5.75 Å². The normalized spacial score (nSPS) is 13.2. The van der Waals surface area contributed by atoms with Gasteiger partial charge in [-0.15, -0.1) is 0 Å². The van der Waals surface area contributed by atoms with Gasteiger partial charge in [-0.3, -0.25) is 14.3 Å². The van der Waals surface area contributed by atoms with Crippen molar-refractivity contribution in [1.82, 2.24) is 9.78 Å². The van der Waals surface area contributed by atoms with E-state index in [2.05, 4.69) is 5.10 Å². The summed E-state index contributed by atoms with van der Waals surface area (Å²) in [6.07, 6.45) is 1.69. The fourth-order valence-electron chi connectivity index (χ4n) is 2.87. The highest BCUT2D eigenvalue weighted by molar-refractivity contribution is 6.34. The molecule has 6 nitrogen and oxygen atoms in total. The van der Waals surface area contributed by atoms with Crippen molar-refractivity contribution in [2.24, 2.45) is 7.05 Å². The zero-order valence-electron chi connectivity index (χ0n) is 13.5. The molecule has 2 heterocycles. The molecule has 0 aliphatic carbocycles. The number of carbonyl (C=O) groups is 2. The number of rotatable bonds is 4. The maximum atomic E-state index is 12.7. The number of ether oxygens (including phenoxy) is 1. The quantitative estimate of drug-likeness (QED) is 0.689. The predicted molar refractivity (Wildman–Crippen MR) is 91.6 cm³/mol. The Morgan fingerprint density at radius 3 is 2.20 bits per heavy atom. The largest absolute Gasteiger partial charge is 0.485 e. The molecule has 0 unspecified atom stereocenters. The Balaban J connectivity index is 1.67. The molecule has 0 saturated carbocycles. The zero-order chi connectivity index (χ0) is 17.4. The smallest absolute Gasteiger partial charge is 0.266 e. The summed E-state index contributed by atoms with van der Waals surface area (Å²) in [5.74, 6) is -0.201. The molecule has 2 aromatic carbocycles. The Morgan fingerprint density at radius 2 is 1.56 bits per heavy atom. The number of aromatic nitrogens is 2. The SMILES string of the molecule is Cn1nccc1COc1ccccc1N1C(=O)c2ccccc2C1=O. The number of aryl methyl sites for hydroxylation is 1. The van der Waals surface area contributed by atoms with Crippen molar-refractivity contribution in [3.63, 3.8) is 0 Å². The van der Waals surface area contributed by atoms with Crippen LogP contribution in [0.3, 0.4) is 0 Å². The van der Waals surface area contributed by atoms with Crippen molar-refractivity contribution in [1.29, 1.82) is 0 Å². The zero-order valence-corrected chi connectivity index (χ0v) is 13.5. The standard InChI is InChI=1S/C19H15N3O3/c1-21-13(10-11-20-21)12-25-17-9-5-4-8-16(17)22-18(23)14-6-2-3-7-15(14)19(22)24/h2-11H,12H2,1H3. The molecule has 3 aromatic rings. The van der Waals surface area contributed by atoms with Gasteiger partial charge in [0.25, 0.3) is 11.8 Å². The minimum atomic E-state index is -0.336. The number of hydrogen-bond acceptors (Lipinski definition) is 4. The molecule has 1 aliphatic rings. The van der Waals surface area contributed by atoms with Gasteiger partial charge in [-0.05, 0) is 30.3 Å². The van der Waals surface area contributed by atoms with Gasteiger partial charge in [0.15, 0.2) is 0 Å². The van der Waals surface area contributed by atoms with Gasteiger partial charge in [0.2, 0.25) is 0 Å². The van der Waals surface area contributed by atoms with Gasteiger partial charge < -0.3 is 4.74 Å². The van der Waals surface area contributed by atoms with E-state index in [1.54, 1.807) is 59.4 Å². The van der Waals surface area contributed by atoms with E-state index in [0.717, 1.165) is 5.69 Å². The Hall–Kier alpha value is -3.41. The fourth-order valence-corrected chi connectivity index (χ4v) is 2.87.